The lowest BCUT2D eigenvalue weighted by Gasteiger charge is -2.20. The van der Waals surface area contributed by atoms with Crippen molar-refractivity contribution in [1.82, 2.24) is 35.4 Å². The number of benzene rings is 1. The summed E-state index contributed by atoms with van der Waals surface area (Å²) >= 11 is 0. The Labute approximate surface area is 220 Å². The van der Waals surface area contributed by atoms with Crippen LogP contribution < -0.4 is 15.8 Å². The second-order valence-electron chi connectivity index (χ2n) is 9.86. The summed E-state index contributed by atoms with van der Waals surface area (Å²) in [6.07, 6.45) is 4.71. The zero-order valence-electron chi connectivity index (χ0n) is 21.9. The van der Waals surface area contributed by atoms with E-state index < -0.39 is 0 Å². The molecule has 10 nitrogen and oxygen atoms in total. The number of nitrogens with zero attached hydrogens (tertiary/aromatic N) is 7. The average Bonchev–Trinajstić information content (AvgIpc) is 3.41. The van der Waals surface area contributed by atoms with Gasteiger partial charge in [0.1, 0.15) is 23.8 Å². The standard InChI is InChI=1S/C27H30FN9O/c1-5-21-25(19-8-10-20(28)11-9-19)35-36(13-18-6-7-18)26(21)31-22-12-23(30-14-29-22)37-16(3)24(15(2)34-37)27-33-32-17(4)38-27/h8-12,14-15,18,34H,5-7,13H2,1-4H3,(H,29,30,31). The molecule has 0 bridgehead atoms. The van der Waals surface area contributed by atoms with Crippen molar-refractivity contribution in [3.8, 4) is 11.3 Å². The Kier molecular flexibility index (Phi) is 6.15. The summed E-state index contributed by atoms with van der Waals surface area (Å²) in [5.74, 6) is 3.62. The number of halogens is 1. The summed E-state index contributed by atoms with van der Waals surface area (Å²) < 4.78 is 21.3. The first-order valence-electron chi connectivity index (χ1n) is 12.9. The van der Waals surface area contributed by atoms with E-state index in [4.69, 9.17) is 9.52 Å². The van der Waals surface area contributed by atoms with E-state index in [1.807, 2.05) is 29.6 Å². The molecular formula is C27H30FN9O. The van der Waals surface area contributed by atoms with Crippen molar-refractivity contribution >= 4 is 23.0 Å². The van der Waals surface area contributed by atoms with E-state index in [-0.39, 0.29) is 11.9 Å². The molecule has 6 rings (SSSR count). The van der Waals surface area contributed by atoms with Crippen molar-refractivity contribution in [1.29, 1.82) is 0 Å². The Hall–Kier alpha value is -4.12. The van der Waals surface area contributed by atoms with Crippen LogP contribution >= 0.6 is 0 Å². The van der Waals surface area contributed by atoms with Crippen molar-refractivity contribution in [2.24, 2.45) is 5.92 Å². The van der Waals surface area contributed by atoms with Crippen LogP contribution in [0.1, 0.15) is 51.0 Å². The molecule has 1 saturated carbocycles. The van der Waals surface area contributed by atoms with Gasteiger partial charge in [-0.25, -0.2) is 24.5 Å². The highest BCUT2D eigenvalue weighted by molar-refractivity contribution is 5.75. The van der Waals surface area contributed by atoms with Gasteiger partial charge in [0.15, 0.2) is 5.82 Å². The number of anilines is 3. The molecule has 3 aromatic heterocycles. The van der Waals surface area contributed by atoms with Crippen LogP contribution in [0, 0.1) is 18.7 Å². The predicted molar refractivity (Wildman–Crippen MR) is 142 cm³/mol. The van der Waals surface area contributed by atoms with E-state index in [0.29, 0.717) is 29.3 Å². The summed E-state index contributed by atoms with van der Waals surface area (Å²) in [5, 5.41) is 18.6. The smallest absolute Gasteiger partial charge is 0.247 e. The lowest BCUT2D eigenvalue weighted by Crippen LogP contribution is -2.36. The van der Waals surface area contributed by atoms with Crippen LogP contribution in [0.2, 0.25) is 0 Å². The van der Waals surface area contributed by atoms with Crippen LogP contribution in [0.4, 0.5) is 21.8 Å². The van der Waals surface area contributed by atoms with Crippen molar-refractivity contribution in [3.05, 3.63) is 65.5 Å². The fraction of sp³-hybridized carbons (Fsp3) is 0.370. The normalized spacial score (nSPS) is 17.5. The molecule has 1 fully saturated rings. The first-order valence-corrected chi connectivity index (χ1v) is 12.9. The number of aryl methyl sites for hydroxylation is 1. The highest BCUT2D eigenvalue weighted by atomic mass is 19.1. The van der Waals surface area contributed by atoms with E-state index in [1.54, 1.807) is 25.4 Å². The minimum Gasteiger partial charge on any atom is -0.421 e. The van der Waals surface area contributed by atoms with Gasteiger partial charge in [-0.3, -0.25) is 5.01 Å². The van der Waals surface area contributed by atoms with Gasteiger partial charge in [0, 0.05) is 36.4 Å². The Morgan fingerprint density at radius 2 is 1.92 bits per heavy atom. The molecular weight excluding hydrogens is 485 g/mol. The van der Waals surface area contributed by atoms with E-state index in [2.05, 4.69) is 37.8 Å². The topological polar surface area (TPSA) is 110 Å². The first-order chi connectivity index (χ1) is 18.4. The summed E-state index contributed by atoms with van der Waals surface area (Å²) in [7, 11) is 0. The maximum absolute atomic E-state index is 13.6. The number of allylic oxidation sites excluding steroid dienone is 1. The van der Waals surface area contributed by atoms with Crippen LogP contribution in [0.25, 0.3) is 16.8 Å². The zero-order chi connectivity index (χ0) is 26.4. The number of rotatable bonds is 8. The number of hydrogen-bond acceptors (Lipinski definition) is 9. The second kappa shape index (κ2) is 9.64. The molecule has 38 heavy (non-hydrogen) atoms. The van der Waals surface area contributed by atoms with Crippen LogP contribution in [0.3, 0.4) is 0 Å². The summed E-state index contributed by atoms with van der Waals surface area (Å²) in [6, 6.07) is 8.37. The Balaban J connectivity index is 1.34. The third kappa shape index (κ3) is 4.53. The molecule has 4 heterocycles. The Morgan fingerprint density at radius 1 is 1.13 bits per heavy atom. The van der Waals surface area contributed by atoms with Crippen LogP contribution in [0.5, 0.6) is 0 Å². The minimum atomic E-state index is -0.261. The van der Waals surface area contributed by atoms with Gasteiger partial charge in [-0.1, -0.05) is 6.92 Å². The van der Waals surface area contributed by atoms with Crippen LogP contribution in [-0.2, 0) is 13.0 Å². The number of hydrogen-bond donors (Lipinski definition) is 2. The van der Waals surface area contributed by atoms with Gasteiger partial charge < -0.3 is 9.73 Å². The Bertz CT molecular complexity index is 1500. The van der Waals surface area contributed by atoms with Crippen LogP contribution in [-0.4, -0.2) is 36.0 Å². The lowest BCUT2D eigenvalue weighted by molar-refractivity contribution is 0.501. The second-order valence-corrected chi connectivity index (χ2v) is 9.86. The lowest BCUT2D eigenvalue weighted by atomic mass is 10.1. The molecule has 4 aromatic rings. The maximum atomic E-state index is 13.6. The summed E-state index contributed by atoms with van der Waals surface area (Å²) in [6.45, 7) is 8.75. The fourth-order valence-electron chi connectivity index (χ4n) is 4.92. The molecule has 2 N–H and O–H groups in total. The van der Waals surface area contributed by atoms with Gasteiger partial charge in [-0.15, -0.1) is 10.2 Å². The highest BCUT2D eigenvalue weighted by Gasteiger charge is 2.32. The maximum Gasteiger partial charge on any atom is 0.247 e. The molecule has 2 aliphatic rings. The largest absolute Gasteiger partial charge is 0.421 e. The highest BCUT2D eigenvalue weighted by Crippen LogP contribution is 2.37. The zero-order valence-corrected chi connectivity index (χ0v) is 21.9. The molecule has 11 heteroatoms. The molecule has 1 atom stereocenters. The monoisotopic (exact) mass is 515 g/mol. The molecule has 1 unspecified atom stereocenters. The van der Waals surface area contributed by atoms with E-state index in [0.717, 1.165) is 46.9 Å². The van der Waals surface area contributed by atoms with Crippen molar-refractivity contribution in [3.63, 3.8) is 0 Å². The molecule has 1 aromatic carbocycles. The van der Waals surface area contributed by atoms with E-state index >= 15 is 0 Å². The summed E-state index contributed by atoms with van der Waals surface area (Å²) in [4.78, 5) is 9.03. The van der Waals surface area contributed by atoms with Gasteiger partial charge >= 0.3 is 0 Å². The molecule has 0 amide bonds. The third-order valence-electron chi connectivity index (χ3n) is 7.02. The van der Waals surface area contributed by atoms with E-state index in [9.17, 15) is 4.39 Å². The molecule has 1 aliphatic carbocycles. The van der Waals surface area contributed by atoms with Crippen molar-refractivity contribution in [2.45, 2.75) is 59.5 Å². The average molecular weight is 516 g/mol. The molecule has 0 spiro atoms. The Morgan fingerprint density at radius 3 is 2.61 bits per heavy atom. The van der Waals surface area contributed by atoms with Crippen LogP contribution in [0.15, 0.2) is 46.8 Å². The minimum absolute atomic E-state index is 0.0360. The molecule has 0 saturated heterocycles. The number of nitrogens with one attached hydrogen (secondary N) is 2. The van der Waals surface area contributed by atoms with E-state index in [1.165, 1.54) is 25.0 Å². The van der Waals surface area contributed by atoms with Gasteiger partial charge in [-0.05, 0) is 63.3 Å². The van der Waals surface area contributed by atoms with Crippen molar-refractivity contribution in [2.75, 3.05) is 10.3 Å². The number of aromatic nitrogens is 6. The molecule has 0 radical (unpaired) electrons. The molecule has 196 valence electrons. The summed E-state index contributed by atoms with van der Waals surface area (Å²) in [5.41, 5.74) is 8.11. The third-order valence-corrected chi connectivity index (χ3v) is 7.02. The fourth-order valence-corrected chi connectivity index (χ4v) is 4.92. The van der Waals surface area contributed by atoms with Gasteiger partial charge in [0.05, 0.1) is 17.3 Å². The van der Waals surface area contributed by atoms with Gasteiger partial charge in [0.25, 0.3) is 0 Å². The molecule has 1 aliphatic heterocycles. The first kappa shape index (κ1) is 24.2. The SMILES string of the molecule is CCc1c(-c2ccc(F)cc2)nn(CC2CC2)c1Nc1cc(N2NC(C)C(c3nnc(C)o3)=C2C)ncn1. The van der Waals surface area contributed by atoms with Crippen molar-refractivity contribution < 1.29 is 8.81 Å². The van der Waals surface area contributed by atoms with Gasteiger partial charge in [0.2, 0.25) is 11.8 Å². The predicted octanol–water partition coefficient (Wildman–Crippen LogP) is 5.03. The van der Waals surface area contributed by atoms with Gasteiger partial charge in [-0.2, -0.15) is 5.10 Å². The number of hydrazine groups is 1. The quantitative estimate of drug-likeness (QED) is 0.334.